The summed E-state index contributed by atoms with van der Waals surface area (Å²) in [7, 11) is 0. The Bertz CT molecular complexity index is 704. The van der Waals surface area contributed by atoms with Gasteiger partial charge in [0.15, 0.2) is 12.2 Å². The highest BCUT2D eigenvalue weighted by Crippen LogP contribution is 2.26. The summed E-state index contributed by atoms with van der Waals surface area (Å²) in [4.78, 5) is 3.90. The summed E-state index contributed by atoms with van der Waals surface area (Å²) in [5.74, 6) is 0.746. The van der Waals surface area contributed by atoms with Crippen LogP contribution in [0.5, 0.6) is 0 Å². The summed E-state index contributed by atoms with van der Waals surface area (Å²) < 4.78 is 5.25. The van der Waals surface area contributed by atoms with Crippen molar-refractivity contribution >= 4 is 28.9 Å². The molecule has 21 heavy (non-hydrogen) atoms. The first kappa shape index (κ1) is 14.0. The van der Waals surface area contributed by atoms with Gasteiger partial charge in [-0.2, -0.15) is 0 Å². The fourth-order valence-electron chi connectivity index (χ4n) is 2.00. The molecule has 0 saturated heterocycles. The maximum atomic E-state index is 6.14. The third kappa shape index (κ3) is 3.20. The first-order chi connectivity index (χ1) is 10.2. The van der Waals surface area contributed by atoms with Crippen LogP contribution >= 0.6 is 23.2 Å². The van der Waals surface area contributed by atoms with Crippen molar-refractivity contribution in [2.24, 2.45) is 0 Å². The van der Waals surface area contributed by atoms with E-state index in [1.165, 1.54) is 6.39 Å². The number of hydrogen-bond donors (Lipinski definition) is 1. The minimum Gasteiger partial charge on any atom is -0.444 e. The largest absolute Gasteiger partial charge is 0.444 e. The lowest BCUT2D eigenvalue weighted by molar-refractivity contribution is 0.572. The number of aromatic nitrogens is 1. The molecule has 2 aromatic carbocycles. The summed E-state index contributed by atoms with van der Waals surface area (Å²) in [5.41, 5.74) is 2.85. The van der Waals surface area contributed by atoms with Crippen LogP contribution in [-0.2, 0) is 6.54 Å². The summed E-state index contributed by atoms with van der Waals surface area (Å²) in [6.45, 7) is 0.570. The molecule has 0 spiro atoms. The van der Waals surface area contributed by atoms with E-state index in [4.69, 9.17) is 27.6 Å². The van der Waals surface area contributed by atoms with Gasteiger partial charge in [0.1, 0.15) is 0 Å². The van der Waals surface area contributed by atoms with E-state index >= 15 is 0 Å². The van der Waals surface area contributed by atoms with Gasteiger partial charge in [-0.15, -0.1) is 0 Å². The Kier molecular flexibility index (Phi) is 4.13. The van der Waals surface area contributed by atoms with Crippen molar-refractivity contribution in [2.75, 3.05) is 5.32 Å². The van der Waals surface area contributed by atoms with Crippen LogP contribution in [-0.4, -0.2) is 4.98 Å². The SMILES string of the molecule is Clc1cccc(Cl)c1CNc1ccc(-c2cnco2)cc1. The van der Waals surface area contributed by atoms with Gasteiger partial charge in [0, 0.05) is 33.4 Å². The molecule has 0 fully saturated rings. The molecule has 0 amide bonds. The van der Waals surface area contributed by atoms with Crippen molar-refractivity contribution in [3.63, 3.8) is 0 Å². The van der Waals surface area contributed by atoms with Crippen LogP contribution in [0.4, 0.5) is 5.69 Å². The van der Waals surface area contributed by atoms with Crippen molar-refractivity contribution in [3.8, 4) is 11.3 Å². The van der Waals surface area contributed by atoms with Gasteiger partial charge in [-0.25, -0.2) is 4.98 Å². The monoisotopic (exact) mass is 318 g/mol. The highest BCUT2D eigenvalue weighted by molar-refractivity contribution is 6.36. The van der Waals surface area contributed by atoms with E-state index in [2.05, 4.69) is 10.3 Å². The van der Waals surface area contributed by atoms with Crippen LogP contribution in [0.3, 0.4) is 0 Å². The average molecular weight is 319 g/mol. The molecule has 106 valence electrons. The molecule has 0 unspecified atom stereocenters. The quantitative estimate of drug-likeness (QED) is 0.713. The number of rotatable bonds is 4. The van der Waals surface area contributed by atoms with E-state index < -0.39 is 0 Å². The molecule has 1 N–H and O–H groups in total. The van der Waals surface area contributed by atoms with Gasteiger partial charge < -0.3 is 9.73 Å². The third-order valence-electron chi connectivity index (χ3n) is 3.13. The molecule has 0 atom stereocenters. The van der Waals surface area contributed by atoms with Crippen LogP contribution < -0.4 is 5.32 Å². The zero-order valence-corrected chi connectivity index (χ0v) is 12.5. The van der Waals surface area contributed by atoms with Crippen molar-refractivity contribution < 1.29 is 4.42 Å². The number of oxazole rings is 1. The molecular weight excluding hydrogens is 307 g/mol. The maximum absolute atomic E-state index is 6.14. The molecule has 1 heterocycles. The molecule has 0 aliphatic heterocycles. The number of benzene rings is 2. The van der Waals surface area contributed by atoms with Crippen LogP contribution in [0.25, 0.3) is 11.3 Å². The fourth-order valence-corrected chi connectivity index (χ4v) is 2.53. The second-order valence-corrected chi connectivity index (χ2v) is 5.31. The summed E-state index contributed by atoms with van der Waals surface area (Å²) in [6.07, 6.45) is 3.10. The Labute approximate surface area is 132 Å². The van der Waals surface area contributed by atoms with Crippen molar-refractivity contribution in [1.82, 2.24) is 4.98 Å². The van der Waals surface area contributed by atoms with E-state index in [1.54, 1.807) is 6.20 Å². The van der Waals surface area contributed by atoms with Crippen LogP contribution in [0.2, 0.25) is 10.0 Å². The highest BCUT2D eigenvalue weighted by atomic mass is 35.5. The molecule has 3 aromatic rings. The number of nitrogens with one attached hydrogen (secondary N) is 1. The van der Waals surface area contributed by atoms with Gasteiger partial charge in [0.05, 0.1) is 6.20 Å². The lowest BCUT2D eigenvalue weighted by Crippen LogP contribution is -2.00. The van der Waals surface area contributed by atoms with Gasteiger partial charge >= 0.3 is 0 Å². The Morgan fingerprint density at radius 1 is 1.00 bits per heavy atom. The lowest BCUT2D eigenvalue weighted by Gasteiger charge is -2.10. The Balaban J connectivity index is 1.71. The minimum absolute atomic E-state index is 0.570. The van der Waals surface area contributed by atoms with Crippen LogP contribution in [0.15, 0.2) is 59.5 Å². The van der Waals surface area contributed by atoms with Gasteiger partial charge in [0.25, 0.3) is 0 Å². The molecule has 5 heteroatoms. The Morgan fingerprint density at radius 3 is 2.33 bits per heavy atom. The first-order valence-electron chi connectivity index (χ1n) is 6.40. The second-order valence-electron chi connectivity index (χ2n) is 4.50. The Hall–Kier alpha value is -1.97. The molecule has 0 radical (unpaired) electrons. The van der Waals surface area contributed by atoms with Crippen molar-refractivity contribution in [2.45, 2.75) is 6.54 Å². The number of nitrogens with zero attached hydrogens (tertiary/aromatic N) is 1. The molecule has 1 aromatic heterocycles. The molecule has 3 rings (SSSR count). The third-order valence-corrected chi connectivity index (χ3v) is 3.84. The maximum Gasteiger partial charge on any atom is 0.181 e. The van der Waals surface area contributed by atoms with E-state index in [9.17, 15) is 0 Å². The van der Waals surface area contributed by atoms with E-state index in [1.807, 2.05) is 42.5 Å². The summed E-state index contributed by atoms with van der Waals surface area (Å²) >= 11 is 12.3. The van der Waals surface area contributed by atoms with E-state index in [0.717, 1.165) is 22.6 Å². The average Bonchev–Trinajstić information content (AvgIpc) is 3.02. The van der Waals surface area contributed by atoms with Crippen LogP contribution in [0.1, 0.15) is 5.56 Å². The number of halogens is 2. The second kappa shape index (κ2) is 6.20. The summed E-state index contributed by atoms with van der Waals surface area (Å²) in [5, 5.41) is 4.62. The molecule has 3 nitrogen and oxygen atoms in total. The molecule has 0 bridgehead atoms. The summed E-state index contributed by atoms with van der Waals surface area (Å²) in [6, 6.07) is 13.4. The smallest absolute Gasteiger partial charge is 0.181 e. The van der Waals surface area contributed by atoms with Gasteiger partial charge in [-0.3, -0.25) is 0 Å². The minimum atomic E-state index is 0.570. The van der Waals surface area contributed by atoms with E-state index in [-0.39, 0.29) is 0 Å². The number of anilines is 1. The number of hydrogen-bond acceptors (Lipinski definition) is 3. The lowest BCUT2D eigenvalue weighted by atomic mass is 10.1. The standard InChI is InChI=1S/C16H12Cl2N2O/c17-14-2-1-3-15(18)13(14)8-20-12-6-4-11(5-7-12)16-9-19-10-21-16/h1-7,9-10,20H,8H2. The van der Waals surface area contributed by atoms with Gasteiger partial charge in [-0.05, 0) is 36.4 Å². The zero-order valence-electron chi connectivity index (χ0n) is 11.0. The molecule has 0 aliphatic rings. The van der Waals surface area contributed by atoms with Gasteiger partial charge in [-0.1, -0.05) is 29.3 Å². The van der Waals surface area contributed by atoms with Crippen molar-refractivity contribution in [1.29, 1.82) is 0 Å². The fraction of sp³-hybridized carbons (Fsp3) is 0.0625. The predicted molar refractivity (Wildman–Crippen MR) is 85.7 cm³/mol. The molecule has 0 aliphatic carbocycles. The first-order valence-corrected chi connectivity index (χ1v) is 7.15. The van der Waals surface area contributed by atoms with E-state index in [0.29, 0.717) is 16.6 Å². The highest BCUT2D eigenvalue weighted by Gasteiger charge is 2.05. The normalized spacial score (nSPS) is 10.6. The predicted octanol–water partition coefficient (Wildman–Crippen LogP) is 5.26. The van der Waals surface area contributed by atoms with Crippen LogP contribution in [0, 0.1) is 0 Å². The van der Waals surface area contributed by atoms with Gasteiger partial charge in [0.2, 0.25) is 0 Å². The molecule has 0 saturated carbocycles. The molecular formula is C16H12Cl2N2O. The Morgan fingerprint density at radius 2 is 1.71 bits per heavy atom. The topological polar surface area (TPSA) is 38.1 Å². The van der Waals surface area contributed by atoms with Crippen molar-refractivity contribution in [3.05, 3.63) is 70.7 Å². The zero-order chi connectivity index (χ0) is 14.7.